The second-order valence-electron chi connectivity index (χ2n) is 4.61. The van der Waals surface area contributed by atoms with Crippen LogP contribution in [0, 0.1) is 0 Å². The van der Waals surface area contributed by atoms with Gasteiger partial charge >= 0.3 is 0 Å². The molecule has 3 heterocycles. The molecule has 1 aliphatic rings. The van der Waals surface area contributed by atoms with Crippen LogP contribution in [-0.4, -0.2) is 34.0 Å². The Morgan fingerprint density at radius 1 is 1.50 bits per heavy atom. The molecule has 6 nitrogen and oxygen atoms in total. The van der Waals surface area contributed by atoms with E-state index < -0.39 is 9.84 Å². The fourth-order valence-electron chi connectivity index (χ4n) is 2.38. The molecule has 0 radical (unpaired) electrons. The topological polar surface area (TPSA) is 90.3 Å². The van der Waals surface area contributed by atoms with E-state index in [1.54, 1.807) is 18.3 Å². The number of nitrogen functional groups attached to an aromatic ring is 1. The van der Waals surface area contributed by atoms with E-state index in [4.69, 9.17) is 5.73 Å². The lowest BCUT2D eigenvalue weighted by Gasteiger charge is -2.05. The second kappa shape index (κ2) is 3.94. The number of nitrogens with zero attached hydrogens (tertiary/aromatic N) is 3. The molecule has 0 bridgehead atoms. The van der Waals surface area contributed by atoms with Crippen LogP contribution in [-0.2, 0) is 16.3 Å². The van der Waals surface area contributed by atoms with Gasteiger partial charge in [-0.1, -0.05) is 0 Å². The van der Waals surface area contributed by atoms with Crippen LogP contribution in [0.1, 0.15) is 18.5 Å². The maximum Gasteiger partial charge on any atom is 0.157 e. The smallest absolute Gasteiger partial charge is 0.157 e. The standard InChI is InChI=1S/C11H14N4O2S/c12-10-3-4-13-11-7-8(14-15(10)11)6-9-2-1-5-18(9,16)17/h3-4,7,9H,1-2,5-6,12H2. The normalized spacial score (nSPS) is 22.6. The number of aromatic nitrogens is 3. The Morgan fingerprint density at radius 3 is 3.00 bits per heavy atom. The number of hydrogen-bond acceptors (Lipinski definition) is 5. The van der Waals surface area contributed by atoms with Crippen molar-refractivity contribution in [2.45, 2.75) is 24.5 Å². The summed E-state index contributed by atoms with van der Waals surface area (Å²) in [4.78, 5) is 4.14. The zero-order valence-electron chi connectivity index (χ0n) is 9.78. The van der Waals surface area contributed by atoms with E-state index in [2.05, 4.69) is 10.1 Å². The summed E-state index contributed by atoms with van der Waals surface area (Å²) in [5.74, 6) is 0.798. The summed E-state index contributed by atoms with van der Waals surface area (Å²) in [5, 5.41) is 4.00. The van der Waals surface area contributed by atoms with Crippen molar-refractivity contribution >= 4 is 21.3 Å². The first kappa shape index (κ1) is 11.5. The van der Waals surface area contributed by atoms with Crippen LogP contribution in [0.2, 0.25) is 0 Å². The van der Waals surface area contributed by atoms with Crippen molar-refractivity contribution in [3.05, 3.63) is 24.0 Å². The minimum atomic E-state index is -2.93. The van der Waals surface area contributed by atoms with Crippen molar-refractivity contribution in [2.24, 2.45) is 0 Å². The Kier molecular flexibility index (Phi) is 2.51. The first-order valence-electron chi connectivity index (χ1n) is 5.87. The van der Waals surface area contributed by atoms with Gasteiger partial charge in [-0.3, -0.25) is 0 Å². The van der Waals surface area contributed by atoms with Gasteiger partial charge in [0.15, 0.2) is 15.5 Å². The maximum absolute atomic E-state index is 11.8. The van der Waals surface area contributed by atoms with E-state index >= 15 is 0 Å². The second-order valence-corrected chi connectivity index (χ2v) is 7.01. The highest BCUT2D eigenvalue weighted by Crippen LogP contribution is 2.23. The van der Waals surface area contributed by atoms with E-state index in [-0.39, 0.29) is 5.25 Å². The molecule has 0 aliphatic carbocycles. The van der Waals surface area contributed by atoms with Crippen LogP contribution >= 0.6 is 0 Å². The molecule has 1 aliphatic heterocycles. The third-order valence-electron chi connectivity index (χ3n) is 3.34. The van der Waals surface area contributed by atoms with Gasteiger partial charge in [-0.15, -0.1) is 0 Å². The molecule has 1 unspecified atom stereocenters. The Bertz CT molecular complexity index is 692. The van der Waals surface area contributed by atoms with Crippen molar-refractivity contribution < 1.29 is 8.42 Å². The zero-order chi connectivity index (χ0) is 12.8. The summed E-state index contributed by atoms with van der Waals surface area (Å²) in [6.45, 7) is 0. The molecule has 7 heteroatoms. The number of nitrogens with two attached hydrogens (primary N) is 1. The van der Waals surface area contributed by atoms with Crippen LogP contribution in [0.15, 0.2) is 18.3 Å². The lowest BCUT2D eigenvalue weighted by molar-refractivity contribution is 0.587. The van der Waals surface area contributed by atoms with Gasteiger partial charge < -0.3 is 5.73 Å². The third kappa shape index (κ3) is 1.84. The average molecular weight is 266 g/mol. The van der Waals surface area contributed by atoms with Crippen LogP contribution < -0.4 is 5.73 Å². The summed E-state index contributed by atoms with van der Waals surface area (Å²) in [6.07, 6.45) is 3.54. The molecule has 0 amide bonds. The van der Waals surface area contributed by atoms with Crippen LogP contribution in [0.25, 0.3) is 5.65 Å². The summed E-state index contributed by atoms with van der Waals surface area (Å²) in [5.41, 5.74) is 7.16. The van der Waals surface area contributed by atoms with Gasteiger partial charge in [-0.25, -0.2) is 13.4 Å². The molecule has 3 rings (SSSR count). The van der Waals surface area contributed by atoms with E-state index in [9.17, 15) is 8.42 Å². The summed E-state index contributed by atoms with van der Waals surface area (Å²) in [6, 6.07) is 3.46. The maximum atomic E-state index is 11.8. The van der Waals surface area contributed by atoms with Crippen molar-refractivity contribution in [2.75, 3.05) is 11.5 Å². The third-order valence-corrected chi connectivity index (χ3v) is 5.61. The van der Waals surface area contributed by atoms with Crippen LogP contribution in [0.3, 0.4) is 0 Å². The number of fused-ring (bicyclic) bond motifs is 1. The number of rotatable bonds is 2. The molecule has 0 spiro atoms. The molecule has 0 saturated carbocycles. The molecule has 0 aromatic carbocycles. The highest BCUT2D eigenvalue weighted by Gasteiger charge is 2.31. The van der Waals surface area contributed by atoms with Gasteiger partial charge in [0.25, 0.3) is 0 Å². The van der Waals surface area contributed by atoms with Gasteiger partial charge in [-0.05, 0) is 18.9 Å². The van der Waals surface area contributed by atoms with Gasteiger partial charge in [0.1, 0.15) is 5.82 Å². The van der Waals surface area contributed by atoms with E-state index in [1.807, 2.05) is 0 Å². The zero-order valence-corrected chi connectivity index (χ0v) is 10.6. The number of hydrogen-bond donors (Lipinski definition) is 1. The van der Waals surface area contributed by atoms with Crippen molar-refractivity contribution in [3.8, 4) is 0 Å². The molecule has 1 saturated heterocycles. The van der Waals surface area contributed by atoms with Gasteiger partial charge in [0, 0.05) is 18.7 Å². The highest BCUT2D eigenvalue weighted by molar-refractivity contribution is 7.92. The predicted molar refractivity (Wildman–Crippen MR) is 67.9 cm³/mol. The number of sulfone groups is 1. The molecule has 18 heavy (non-hydrogen) atoms. The molecule has 1 atom stereocenters. The Hall–Kier alpha value is -1.63. The van der Waals surface area contributed by atoms with Crippen LogP contribution in [0.5, 0.6) is 0 Å². The van der Waals surface area contributed by atoms with Gasteiger partial charge in [0.2, 0.25) is 0 Å². The molecular formula is C11H14N4O2S. The highest BCUT2D eigenvalue weighted by atomic mass is 32.2. The quantitative estimate of drug-likeness (QED) is 0.851. The molecule has 1 fully saturated rings. The molecular weight excluding hydrogens is 252 g/mol. The molecule has 2 N–H and O–H groups in total. The predicted octanol–water partition coefficient (Wildman–Crippen LogP) is 0.431. The Labute approximate surface area is 105 Å². The lowest BCUT2D eigenvalue weighted by atomic mass is 10.1. The summed E-state index contributed by atoms with van der Waals surface area (Å²) >= 11 is 0. The van der Waals surface area contributed by atoms with Gasteiger partial charge in [-0.2, -0.15) is 9.61 Å². The summed E-state index contributed by atoms with van der Waals surface area (Å²) in [7, 11) is -2.93. The molecule has 2 aromatic rings. The molecule has 96 valence electrons. The van der Waals surface area contributed by atoms with E-state index in [0.29, 0.717) is 23.6 Å². The Morgan fingerprint density at radius 2 is 2.33 bits per heavy atom. The minimum Gasteiger partial charge on any atom is -0.384 e. The monoisotopic (exact) mass is 266 g/mol. The van der Waals surface area contributed by atoms with E-state index in [1.165, 1.54) is 4.52 Å². The minimum absolute atomic E-state index is 0.297. The fraction of sp³-hybridized carbons (Fsp3) is 0.455. The largest absolute Gasteiger partial charge is 0.384 e. The molecule has 2 aromatic heterocycles. The van der Waals surface area contributed by atoms with Crippen molar-refractivity contribution in [3.63, 3.8) is 0 Å². The summed E-state index contributed by atoms with van der Waals surface area (Å²) < 4.78 is 25.1. The van der Waals surface area contributed by atoms with E-state index in [0.717, 1.165) is 18.5 Å². The van der Waals surface area contributed by atoms with Gasteiger partial charge in [0.05, 0.1) is 16.7 Å². The van der Waals surface area contributed by atoms with Crippen molar-refractivity contribution in [1.29, 1.82) is 0 Å². The SMILES string of the molecule is Nc1ccnc2cc(CC3CCCS3(=O)=O)nn12. The number of anilines is 1. The Balaban J connectivity index is 1.94. The first-order valence-corrected chi connectivity index (χ1v) is 7.58. The van der Waals surface area contributed by atoms with Crippen molar-refractivity contribution in [1.82, 2.24) is 14.6 Å². The fourth-order valence-corrected chi connectivity index (χ4v) is 4.23. The van der Waals surface area contributed by atoms with Crippen LogP contribution in [0.4, 0.5) is 5.82 Å². The average Bonchev–Trinajstić information content (AvgIpc) is 2.84. The first-order chi connectivity index (χ1) is 8.56. The lowest BCUT2D eigenvalue weighted by Crippen LogP contribution is -2.18.